The van der Waals surface area contributed by atoms with Crippen molar-refractivity contribution in [3.8, 4) is 5.69 Å². The molecule has 0 unspecified atom stereocenters. The van der Waals surface area contributed by atoms with Crippen molar-refractivity contribution in [2.45, 2.75) is 26.3 Å². The summed E-state index contributed by atoms with van der Waals surface area (Å²) >= 11 is 6.07. The molecule has 0 atom stereocenters. The standard InChI is InChI=1S/C18H18ClN3O2/c1-2-5-17-16(18(23)20-11-15-8-4-9-24-15)12-21-22(17)14-7-3-6-13(19)10-14/h3-4,6-10,12H,2,5,11H2,1H3,(H,20,23). The number of halogens is 1. The van der Waals surface area contributed by atoms with E-state index in [4.69, 9.17) is 16.0 Å². The van der Waals surface area contributed by atoms with Crippen LogP contribution in [0, 0.1) is 0 Å². The molecule has 2 heterocycles. The predicted octanol–water partition coefficient (Wildman–Crippen LogP) is 4.00. The second-order valence-electron chi connectivity index (χ2n) is 5.41. The molecule has 5 nitrogen and oxygen atoms in total. The molecule has 0 saturated carbocycles. The SMILES string of the molecule is CCCc1c(C(=O)NCc2ccco2)cnn1-c1cccc(Cl)c1. The zero-order chi connectivity index (χ0) is 16.9. The smallest absolute Gasteiger partial charge is 0.255 e. The number of rotatable bonds is 6. The summed E-state index contributed by atoms with van der Waals surface area (Å²) in [5.74, 6) is 0.547. The van der Waals surface area contributed by atoms with Crippen molar-refractivity contribution in [3.63, 3.8) is 0 Å². The van der Waals surface area contributed by atoms with E-state index in [1.807, 2.05) is 30.3 Å². The average molecular weight is 344 g/mol. The third kappa shape index (κ3) is 3.51. The summed E-state index contributed by atoms with van der Waals surface area (Å²) in [5, 5.41) is 7.88. The van der Waals surface area contributed by atoms with Gasteiger partial charge in [0.15, 0.2) is 0 Å². The van der Waals surface area contributed by atoms with Crippen molar-refractivity contribution in [2.24, 2.45) is 0 Å². The van der Waals surface area contributed by atoms with Gasteiger partial charge in [-0.3, -0.25) is 4.79 Å². The van der Waals surface area contributed by atoms with E-state index in [0.29, 0.717) is 22.9 Å². The Balaban J connectivity index is 1.86. The number of carbonyl (C=O) groups excluding carboxylic acids is 1. The maximum Gasteiger partial charge on any atom is 0.255 e. The van der Waals surface area contributed by atoms with Gasteiger partial charge >= 0.3 is 0 Å². The van der Waals surface area contributed by atoms with Gasteiger partial charge in [-0.15, -0.1) is 0 Å². The van der Waals surface area contributed by atoms with Gasteiger partial charge in [-0.2, -0.15) is 5.10 Å². The second kappa shape index (κ2) is 7.36. The van der Waals surface area contributed by atoms with Crippen molar-refractivity contribution in [2.75, 3.05) is 0 Å². The minimum atomic E-state index is -0.164. The number of aromatic nitrogens is 2. The molecular formula is C18H18ClN3O2. The lowest BCUT2D eigenvalue weighted by Gasteiger charge is -2.09. The van der Waals surface area contributed by atoms with Crippen LogP contribution < -0.4 is 5.32 Å². The minimum Gasteiger partial charge on any atom is -0.467 e. The van der Waals surface area contributed by atoms with Crippen LogP contribution in [0.4, 0.5) is 0 Å². The first-order valence-electron chi connectivity index (χ1n) is 7.82. The summed E-state index contributed by atoms with van der Waals surface area (Å²) in [6.07, 6.45) is 4.84. The van der Waals surface area contributed by atoms with Gasteiger partial charge in [0.2, 0.25) is 0 Å². The first kappa shape index (κ1) is 16.3. The summed E-state index contributed by atoms with van der Waals surface area (Å²) in [4.78, 5) is 12.5. The van der Waals surface area contributed by atoms with E-state index in [2.05, 4.69) is 17.3 Å². The Kier molecular flexibility index (Phi) is 5.01. The Bertz CT molecular complexity index is 825. The van der Waals surface area contributed by atoms with E-state index >= 15 is 0 Å². The predicted molar refractivity (Wildman–Crippen MR) is 92.4 cm³/mol. The highest BCUT2D eigenvalue weighted by Crippen LogP contribution is 2.20. The highest BCUT2D eigenvalue weighted by molar-refractivity contribution is 6.30. The number of nitrogens with one attached hydrogen (secondary N) is 1. The lowest BCUT2D eigenvalue weighted by Crippen LogP contribution is -2.23. The number of nitrogens with zero attached hydrogens (tertiary/aromatic N) is 2. The highest BCUT2D eigenvalue weighted by Gasteiger charge is 2.18. The quantitative estimate of drug-likeness (QED) is 0.735. The number of furan rings is 1. The third-order valence-corrected chi connectivity index (χ3v) is 3.89. The van der Waals surface area contributed by atoms with Crippen LogP contribution >= 0.6 is 11.6 Å². The van der Waals surface area contributed by atoms with Crippen LogP contribution in [0.15, 0.2) is 53.3 Å². The van der Waals surface area contributed by atoms with Crippen LogP contribution in [0.2, 0.25) is 5.02 Å². The Hall–Kier alpha value is -2.53. The summed E-state index contributed by atoms with van der Waals surface area (Å²) < 4.78 is 7.01. The molecule has 0 aliphatic heterocycles. The molecule has 0 saturated heterocycles. The molecule has 0 fully saturated rings. The maximum absolute atomic E-state index is 12.5. The first-order valence-corrected chi connectivity index (χ1v) is 8.20. The normalized spacial score (nSPS) is 10.8. The highest BCUT2D eigenvalue weighted by atomic mass is 35.5. The van der Waals surface area contributed by atoms with Crippen LogP contribution in [-0.4, -0.2) is 15.7 Å². The van der Waals surface area contributed by atoms with Crippen molar-refractivity contribution >= 4 is 17.5 Å². The fourth-order valence-electron chi connectivity index (χ4n) is 2.55. The van der Waals surface area contributed by atoms with Gasteiger partial charge in [-0.25, -0.2) is 4.68 Å². The molecule has 3 rings (SSSR count). The maximum atomic E-state index is 12.5. The molecule has 3 aromatic rings. The molecule has 24 heavy (non-hydrogen) atoms. The van der Waals surface area contributed by atoms with E-state index in [1.165, 1.54) is 0 Å². The molecule has 0 aliphatic carbocycles. The fraction of sp³-hybridized carbons (Fsp3) is 0.222. The van der Waals surface area contributed by atoms with Crippen LogP contribution in [0.5, 0.6) is 0 Å². The molecule has 0 radical (unpaired) electrons. The molecule has 2 aromatic heterocycles. The van der Waals surface area contributed by atoms with Crippen LogP contribution in [0.3, 0.4) is 0 Å². The Morgan fingerprint density at radius 3 is 2.92 bits per heavy atom. The van der Waals surface area contributed by atoms with E-state index in [-0.39, 0.29) is 5.91 Å². The van der Waals surface area contributed by atoms with E-state index in [1.54, 1.807) is 23.2 Å². The van der Waals surface area contributed by atoms with Gasteiger partial charge in [-0.05, 0) is 36.8 Å². The molecule has 0 bridgehead atoms. The number of amides is 1. The molecule has 0 aliphatic rings. The molecular weight excluding hydrogens is 326 g/mol. The van der Waals surface area contributed by atoms with Gasteiger partial charge in [0.25, 0.3) is 5.91 Å². The van der Waals surface area contributed by atoms with Gasteiger partial charge in [0.1, 0.15) is 5.76 Å². The third-order valence-electron chi connectivity index (χ3n) is 3.66. The van der Waals surface area contributed by atoms with Gasteiger partial charge in [-0.1, -0.05) is 31.0 Å². The Labute approximate surface area is 145 Å². The molecule has 0 spiro atoms. The van der Waals surface area contributed by atoms with Crippen molar-refractivity contribution in [3.05, 3.63) is 70.9 Å². The van der Waals surface area contributed by atoms with Gasteiger partial charge in [0.05, 0.1) is 35.9 Å². The summed E-state index contributed by atoms with van der Waals surface area (Å²) in [7, 11) is 0. The second-order valence-corrected chi connectivity index (χ2v) is 5.85. The summed E-state index contributed by atoms with van der Waals surface area (Å²) in [6.45, 7) is 2.42. The number of carbonyl (C=O) groups is 1. The van der Waals surface area contributed by atoms with Crippen molar-refractivity contribution < 1.29 is 9.21 Å². The molecule has 124 valence electrons. The van der Waals surface area contributed by atoms with Crippen molar-refractivity contribution in [1.82, 2.24) is 15.1 Å². The van der Waals surface area contributed by atoms with Crippen molar-refractivity contribution in [1.29, 1.82) is 0 Å². The molecule has 1 amide bonds. The van der Waals surface area contributed by atoms with Crippen LogP contribution in [-0.2, 0) is 13.0 Å². The minimum absolute atomic E-state index is 0.164. The van der Waals surface area contributed by atoms with E-state index < -0.39 is 0 Å². The average Bonchev–Trinajstić information content (AvgIpc) is 3.23. The van der Waals surface area contributed by atoms with Crippen LogP contribution in [0.1, 0.15) is 35.2 Å². The first-order chi connectivity index (χ1) is 11.7. The Morgan fingerprint density at radius 2 is 2.21 bits per heavy atom. The zero-order valence-corrected chi connectivity index (χ0v) is 14.1. The lowest BCUT2D eigenvalue weighted by atomic mass is 10.1. The fourth-order valence-corrected chi connectivity index (χ4v) is 2.73. The zero-order valence-electron chi connectivity index (χ0n) is 13.3. The van der Waals surface area contributed by atoms with E-state index in [0.717, 1.165) is 24.2 Å². The number of hydrogen-bond acceptors (Lipinski definition) is 3. The largest absolute Gasteiger partial charge is 0.467 e. The van der Waals surface area contributed by atoms with Crippen LogP contribution in [0.25, 0.3) is 5.69 Å². The lowest BCUT2D eigenvalue weighted by molar-refractivity contribution is 0.0947. The monoisotopic (exact) mass is 343 g/mol. The molecule has 1 aromatic carbocycles. The molecule has 6 heteroatoms. The van der Waals surface area contributed by atoms with Gasteiger partial charge in [0, 0.05) is 5.02 Å². The summed E-state index contributed by atoms with van der Waals surface area (Å²) in [6, 6.07) is 11.0. The number of benzene rings is 1. The summed E-state index contributed by atoms with van der Waals surface area (Å²) in [5.41, 5.74) is 2.29. The number of hydrogen-bond donors (Lipinski definition) is 1. The van der Waals surface area contributed by atoms with E-state index in [9.17, 15) is 4.79 Å². The molecule has 1 N–H and O–H groups in total. The van der Waals surface area contributed by atoms with Gasteiger partial charge < -0.3 is 9.73 Å². The Morgan fingerprint density at radius 1 is 1.33 bits per heavy atom. The topological polar surface area (TPSA) is 60.1 Å².